The molecule has 0 aliphatic heterocycles. The van der Waals surface area contributed by atoms with Crippen LogP contribution in [0.5, 0.6) is 0 Å². The van der Waals surface area contributed by atoms with Crippen LogP contribution in [0.1, 0.15) is 0 Å². The van der Waals surface area contributed by atoms with E-state index < -0.39 is 12.8 Å². The summed E-state index contributed by atoms with van der Waals surface area (Å²) in [6.45, 7) is -0.929. The first-order chi connectivity index (χ1) is 8.56. The molecule has 0 radical (unpaired) electrons. The third-order valence-electron chi connectivity index (χ3n) is 2.25. The first kappa shape index (κ1) is 12.7. The molecule has 4 nitrogen and oxygen atoms in total. The highest BCUT2D eigenvalue weighted by Gasteiger charge is 2.27. The van der Waals surface area contributed by atoms with Crippen LogP contribution in [-0.4, -0.2) is 35.3 Å². The summed E-state index contributed by atoms with van der Waals surface area (Å²) in [6.07, 6.45) is -0.848. The lowest BCUT2D eigenvalue weighted by atomic mass is 10.4. The number of fused-ring (bicyclic) bond motifs is 1. The molecule has 0 aliphatic rings. The van der Waals surface area contributed by atoms with Crippen molar-refractivity contribution in [3.05, 3.63) is 30.6 Å². The van der Waals surface area contributed by atoms with Gasteiger partial charge < -0.3 is 10.1 Å². The number of ether oxygens (including phenoxy) is 1. The minimum atomic E-state index is -4.27. The van der Waals surface area contributed by atoms with E-state index in [4.69, 9.17) is 0 Å². The molecule has 0 unspecified atom stereocenters. The second-order valence-electron chi connectivity index (χ2n) is 3.66. The van der Waals surface area contributed by atoms with Gasteiger partial charge in [-0.25, -0.2) is 4.98 Å². The van der Waals surface area contributed by atoms with E-state index in [0.717, 1.165) is 11.5 Å². The molecule has 0 amide bonds. The molecular weight excluding hydrogens is 247 g/mol. The van der Waals surface area contributed by atoms with Crippen LogP contribution < -0.4 is 5.32 Å². The number of rotatable bonds is 5. The van der Waals surface area contributed by atoms with Crippen LogP contribution in [-0.2, 0) is 4.74 Å². The van der Waals surface area contributed by atoms with E-state index in [1.807, 2.05) is 22.6 Å². The standard InChI is InChI=1S/C11H12F3N3O/c12-11(13,14)8-18-7-5-16-10-3-1-2-9-15-4-6-17(9)10/h1-4,6,16H,5,7-8H2. The molecule has 1 N–H and O–H groups in total. The minimum absolute atomic E-state index is 0.00933. The molecule has 0 saturated carbocycles. The molecule has 0 saturated heterocycles. The minimum Gasteiger partial charge on any atom is -0.370 e. The number of imidazole rings is 1. The Morgan fingerprint density at radius 1 is 1.33 bits per heavy atom. The van der Waals surface area contributed by atoms with Crippen LogP contribution in [0.15, 0.2) is 30.6 Å². The predicted molar refractivity (Wildman–Crippen MR) is 60.6 cm³/mol. The molecule has 0 aliphatic carbocycles. The molecule has 2 heterocycles. The zero-order valence-electron chi connectivity index (χ0n) is 9.44. The topological polar surface area (TPSA) is 38.6 Å². The molecule has 7 heteroatoms. The predicted octanol–water partition coefficient (Wildman–Crippen LogP) is 2.33. The molecule has 18 heavy (non-hydrogen) atoms. The van der Waals surface area contributed by atoms with Crippen molar-refractivity contribution >= 4 is 11.5 Å². The van der Waals surface area contributed by atoms with Crippen LogP contribution >= 0.6 is 0 Å². The summed E-state index contributed by atoms with van der Waals surface area (Å²) in [6, 6.07) is 5.48. The van der Waals surface area contributed by atoms with Crippen LogP contribution in [0, 0.1) is 0 Å². The Labute approximate surface area is 101 Å². The Morgan fingerprint density at radius 2 is 2.17 bits per heavy atom. The molecular formula is C11H12F3N3O. The normalized spacial score (nSPS) is 11.9. The van der Waals surface area contributed by atoms with Gasteiger partial charge in [0.1, 0.15) is 18.1 Å². The number of nitrogens with zero attached hydrogens (tertiary/aromatic N) is 2. The summed E-state index contributed by atoms with van der Waals surface area (Å²) in [4.78, 5) is 4.10. The van der Waals surface area contributed by atoms with Gasteiger partial charge >= 0.3 is 6.18 Å². The van der Waals surface area contributed by atoms with Crippen molar-refractivity contribution in [1.29, 1.82) is 0 Å². The average Bonchev–Trinajstić information content (AvgIpc) is 2.75. The Bertz CT molecular complexity index is 509. The maximum Gasteiger partial charge on any atom is 0.411 e. The summed E-state index contributed by atoms with van der Waals surface area (Å²) < 4.78 is 41.8. The number of hydrogen-bond donors (Lipinski definition) is 1. The van der Waals surface area contributed by atoms with E-state index >= 15 is 0 Å². The van der Waals surface area contributed by atoms with Crippen LogP contribution in [0.25, 0.3) is 5.65 Å². The van der Waals surface area contributed by atoms with E-state index in [-0.39, 0.29) is 6.61 Å². The van der Waals surface area contributed by atoms with Gasteiger partial charge in [0, 0.05) is 18.9 Å². The second kappa shape index (κ2) is 5.26. The molecule has 0 bridgehead atoms. The highest BCUT2D eigenvalue weighted by atomic mass is 19.4. The van der Waals surface area contributed by atoms with Gasteiger partial charge in [-0.2, -0.15) is 13.2 Å². The third-order valence-corrected chi connectivity index (χ3v) is 2.25. The van der Waals surface area contributed by atoms with Gasteiger partial charge in [-0.15, -0.1) is 0 Å². The number of alkyl halides is 3. The Kier molecular flexibility index (Phi) is 3.71. The van der Waals surface area contributed by atoms with Crippen molar-refractivity contribution in [3.63, 3.8) is 0 Å². The number of hydrogen-bond acceptors (Lipinski definition) is 3. The number of nitrogens with one attached hydrogen (secondary N) is 1. The van der Waals surface area contributed by atoms with Crippen molar-refractivity contribution in [2.24, 2.45) is 0 Å². The van der Waals surface area contributed by atoms with Crippen LogP contribution in [0.4, 0.5) is 19.0 Å². The molecule has 0 spiro atoms. The lowest BCUT2D eigenvalue weighted by molar-refractivity contribution is -0.172. The summed E-state index contributed by atoms with van der Waals surface area (Å²) in [5.41, 5.74) is 0.774. The number of pyridine rings is 1. The van der Waals surface area contributed by atoms with Crippen molar-refractivity contribution < 1.29 is 17.9 Å². The third kappa shape index (κ3) is 3.36. The number of halogens is 3. The quantitative estimate of drug-likeness (QED) is 0.837. The van der Waals surface area contributed by atoms with Crippen LogP contribution in [0.2, 0.25) is 0 Å². The zero-order chi connectivity index (χ0) is 13.0. The fourth-order valence-electron chi connectivity index (χ4n) is 1.53. The van der Waals surface area contributed by atoms with E-state index in [0.29, 0.717) is 6.54 Å². The van der Waals surface area contributed by atoms with Gasteiger partial charge in [-0.05, 0) is 12.1 Å². The van der Waals surface area contributed by atoms with E-state index in [1.165, 1.54) is 0 Å². The first-order valence-corrected chi connectivity index (χ1v) is 5.37. The zero-order valence-corrected chi connectivity index (χ0v) is 9.44. The summed E-state index contributed by atoms with van der Waals surface area (Å²) in [5.74, 6) is 0.764. The lowest BCUT2D eigenvalue weighted by Crippen LogP contribution is -2.20. The average molecular weight is 259 g/mol. The fourth-order valence-corrected chi connectivity index (χ4v) is 1.53. The van der Waals surface area contributed by atoms with E-state index in [9.17, 15) is 13.2 Å². The Hall–Kier alpha value is -1.76. The maximum absolute atomic E-state index is 11.8. The van der Waals surface area contributed by atoms with Gasteiger partial charge in [-0.3, -0.25) is 4.40 Å². The monoisotopic (exact) mass is 259 g/mol. The highest BCUT2D eigenvalue weighted by molar-refractivity contribution is 5.49. The fraction of sp³-hybridized carbons (Fsp3) is 0.364. The van der Waals surface area contributed by atoms with Gasteiger partial charge in [-0.1, -0.05) is 6.07 Å². The molecule has 0 aromatic carbocycles. The molecule has 98 valence electrons. The maximum atomic E-state index is 11.8. The van der Waals surface area contributed by atoms with Gasteiger partial charge in [0.05, 0.1) is 6.61 Å². The summed E-state index contributed by atoms with van der Waals surface area (Å²) in [5, 5.41) is 2.99. The lowest BCUT2D eigenvalue weighted by Gasteiger charge is -2.10. The first-order valence-electron chi connectivity index (χ1n) is 5.37. The van der Waals surface area contributed by atoms with Gasteiger partial charge in [0.2, 0.25) is 0 Å². The van der Waals surface area contributed by atoms with Gasteiger partial charge in [0.25, 0.3) is 0 Å². The Morgan fingerprint density at radius 3 is 2.94 bits per heavy atom. The molecule has 0 fully saturated rings. The van der Waals surface area contributed by atoms with Gasteiger partial charge in [0.15, 0.2) is 0 Å². The number of aromatic nitrogens is 2. The smallest absolute Gasteiger partial charge is 0.370 e. The van der Waals surface area contributed by atoms with Crippen molar-refractivity contribution in [2.75, 3.05) is 25.1 Å². The SMILES string of the molecule is FC(F)(F)COCCNc1cccc2nccn12. The van der Waals surface area contributed by atoms with Crippen molar-refractivity contribution in [2.45, 2.75) is 6.18 Å². The largest absolute Gasteiger partial charge is 0.411 e. The number of anilines is 1. The summed E-state index contributed by atoms with van der Waals surface area (Å²) >= 11 is 0. The van der Waals surface area contributed by atoms with Crippen molar-refractivity contribution in [3.8, 4) is 0 Å². The molecule has 2 aromatic rings. The molecule has 2 aromatic heterocycles. The highest BCUT2D eigenvalue weighted by Crippen LogP contribution is 2.14. The van der Waals surface area contributed by atoms with Crippen molar-refractivity contribution in [1.82, 2.24) is 9.38 Å². The second-order valence-corrected chi connectivity index (χ2v) is 3.66. The molecule has 2 rings (SSSR count). The van der Waals surface area contributed by atoms with E-state index in [2.05, 4.69) is 15.0 Å². The molecule has 0 atom stereocenters. The Balaban J connectivity index is 1.82. The summed E-state index contributed by atoms with van der Waals surface area (Å²) in [7, 11) is 0. The van der Waals surface area contributed by atoms with E-state index in [1.54, 1.807) is 12.4 Å². The van der Waals surface area contributed by atoms with Crippen LogP contribution in [0.3, 0.4) is 0 Å².